The summed E-state index contributed by atoms with van der Waals surface area (Å²) in [5, 5.41) is 3.10. The minimum atomic E-state index is 0.762. The Balaban J connectivity index is 2.57. The zero-order chi connectivity index (χ0) is 11.0. The fourth-order valence-electron chi connectivity index (χ4n) is 1.94. The molecule has 0 aliphatic rings. The second-order valence-corrected chi connectivity index (χ2v) is 4.17. The van der Waals surface area contributed by atoms with E-state index in [2.05, 4.69) is 38.0 Å². The fraction of sp³-hybridized carbons (Fsp3) is 0.0769. The van der Waals surface area contributed by atoms with Gasteiger partial charge < -0.3 is 0 Å². The molecule has 0 amide bonds. The molecule has 78 valence electrons. The third kappa shape index (κ3) is 1.39. The highest BCUT2D eigenvalue weighted by molar-refractivity contribution is 9.08. The lowest BCUT2D eigenvalue weighted by molar-refractivity contribution is 1.25. The van der Waals surface area contributed by atoms with Crippen molar-refractivity contribution >= 4 is 37.7 Å². The molecule has 0 bridgehead atoms. The molecule has 0 N–H and O–H groups in total. The zero-order valence-corrected chi connectivity index (χ0v) is 10.1. The van der Waals surface area contributed by atoms with E-state index in [0.717, 1.165) is 22.1 Å². The van der Waals surface area contributed by atoms with Gasteiger partial charge in [-0.05, 0) is 12.1 Å². The molecule has 0 saturated carbocycles. The van der Waals surface area contributed by atoms with Gasteiger partial charge in [-0.3, -0.25) is 4.98 Å². The molecule has 3 aromatic rings. The van der Waals surface area contributed by atoms with Gasteiger partial charge in [0.2, 0.25) is 0 Å². The lowest BCUT2D eigenvalue weighted by Gasteiger charge is -2.06. The number of hydrogen-bond acceptors (Lipinski definition) is 2. The largest absolute Gasteiger partial charge is 0.254 e. The van der Waals surface area contributed by atoms with Crippen LogP contribution in [-0.4, -0.2) is 9.97 Å². The van der Waals surface area contributed by atoms with Crippen molar-refractivity contribution in [2.75, 3.05) is 0 Å². The van der Waals surface area contributed by atoms with Crippen molar-refractivity contribution < 1.29 is 0 Å². The van der Waals surface area contributed by atoms with Crippen LogP contribution in [0.15, 0.2) is 42.6 Å². The summed E-state index contributed by atoms with van der Waals surface area (Å²) < 4.78 is 0. The van der Waals surface area contributed by atoms with E-state index >= 15 is 0 Å². The predicted molar refractivity (Wildman–Crippen MR) is 69.7 cm³/mol. The van der Waals surface area contributed by atoms with E-state index in [0.29, 0.717) is 0 Å². The van der Waals surface area contributed by atoms with Crippen molar-refractivity contribution in [3.05, 3.63) is 48.3 Å². The molecule has 0 aliphatic heterocycles. The molecule has 2 aromatic heterocycles. The van der Waals surface area contributed by atoms with E-state index in [9.17, 15) is 0 Å². The smallest absolute Gasteiger partial charge is 0.0965 e. The summed E-state index contributed by atoms with van der Waals surface area (Å²) in [5.74, 6) is 0. The molecule has 0 fully saturated rings. The van der Waals surface area contributed by atoms with Gasteiger partial charge in [0, 0.05) is 22.3 Å². The number of halogens is 1. The van der Waals surface area contributed by atoms with Crippen LogP contribution in [0.3, 0.4) is 0 Å². The number of nitrogens with zero attached hydrogens (tertiary/aromatic N) is 2. The average Bonchev–Trinajstić information content (AvgIpc) is 2.38. The summed E-state index contributed by atoms with van der Waals surface area (Å²) >= 11 is 3.48. The van der Waals surface area contributed by atoms with Crippen molar-refractivity contribution in [2.24, 2.45) is 0 Å². The number of rotatable bonds is 1. The van der Waals surface area contributed by atoms with Gasteiger partial charge in [-0.1, -0.05) is 40.2 Å². The van der Waals surface area contributed by atoms with Gasteiger partial charge in [0.1, 0.15) is 0 Å². The summed E-state index contributed by atoms with van der Waals surface area (Å²) in [6, 6.07) is 12.2. The Kier molecular flexibility index (Phi) is 2.33. The van der Waals surface area contributed by atoms with Gasteiger partial charge in [0.05, 0.1) is 16.7 Å². The minimum absolute atomic E-state index is 0.762. The number of benzene rings is 1. The first-order chi connectivity index (χ1) is 7.90. The third-order valence-electron chi connectivity index (χ3n) is 2.66. The van der Waals surface area contributed by atoms with Crippen molar-refractivity contribution in [3.63, 3.8) is 0 Å². The van der Waals surface area contributed by atoms with E-state index < -0.39 is 0 Å². The van der Waals surface area contributed by atoms with Crippen LogP contribution in [0.2, 0.25) is 0 Å². The first kappa shape index (κ1) is 9.73. The maximum absolute atomic E-state index is 4.61. The van der Waals surface area contributed by atoms with Crippen molar-refractivity contribution in [3.8, 4) is 0 Å². The highest BCUT2D eigenvalue weighted by Gasteiger charge is 2.06. The van der Waals surface area contributed by atoms with Crippen molar-refractivity contribution in [2.45, 2.75) is 5.33 Å². The van der Waals surface area contributed by atoms with Crippen LogP contribution < -0.4 is 0 Å². The van der Waals surface area contributed by atoms with E-state index in [-0.39, 0.29) is 0 Å². The lowest BCUT2D eigenvalue weighted by Crippen LogP contribution is -1.91. The molecule has 0 spiro atoms. The van der Waals surface area contributed by atoms with E-state index in [1.54, 1.807) is 0 Å². The Morgan fingerprint density at radius 3 is 2.62 bits per heavy atom. The number of pyridine rings is 2. The van der Waals surface area contributed by atoms with Gasteiger partial charge in [0.25, 0.3) is 0 Å². The van der Waals surface area contributed by atoms with Crippen LogP contribution in [0.5, 0.6) is 0 Å². The molecule has 2 nitrogen and oxygen atoms in total. The Bertz CT molecular complexity index is 664. The number of hydrogen-bond donors (Lipinski definition) is 0. The molecule has 2 heterocycles. The van der Waals surface area contributed by atoms with E-state index in [4.69, 9.17) is 0 Å². The first-order valence-electron chi connectivity index (χ1n) is 5.08. The summed E-state index contributed by atoms with van der Waals surface area (Å²) in [6.07, 6.45) is 1.81. The SMILES string of the molecule is BrCc1nc2cccnc2c2ccccc12. The number of aromatic nitrogens is 2. The molecule has 0 radical (unpaired) electrons. The molecule has 3 heteroatoms. The number of alkyl halides is 1. The minimum Gasteiger partial charge on any atom is -0.254 e. The second kappa shape index (κ2) is 3.83. The normalized spacial score (nSPS) is 11.1. The quantitative estimate of drug-likeness (QED) is 0.499. The zero-order valence-electron chi connectivity index (χ0n) is 8.52. The second-order valence-electron chi connectivity index (χ2n) is 3.61. The molecule has 0 atom stereocenters. The topological polar surface area (TPSA) is 25.8 Å². The Morgan fingerprint density at radius 1 is 1.00 bits per heavy atom. The van der Waals surface area contributed by atoms with E-state index in [1.807, 2.05) is 30.5 Å². The highest BCUT2D eigenvalue weighted by Crippen LogP contribution is 2.25. The average molecular weight is 273 g/mol. The molecule has 0 aliphatic carbocycles. The third-order valence-corrected chi connectivity index (χ3v) is 3.19. The molecule has 3 rings (SSSR count). The monoisotopic (exact) mass is 272 g/mol. The van der Waals surface area contributed by atoms with E-state index in [1.165, 1.54) is 10.8 Å². The van der Waals surface area contributed by atoms with Crippen molar-refractivity contribution in [1.82, 2.24) is 9.97 Å². The Hall–Kier alpha value is -1.48. The maximum Gasteiger partial charge on any atom is 0.0965 e. The summed E-state index contributed by atoms with van der Waals surface area (Å²) in [7, 11) is 0. The summed E-state index contributed by atoms with van der Waals surface area (Å²) in [4.78, 5) is 9.02. The van der Waals surface area contributed by atoms with Crippen LogP contribution in [0.1, 0.15) is 5.69 Å². The standard InChI is InChI=1S/C13H9BrN2/c14-8-12-9-4-1-2-5-10(9)13-11(16-12)6-3-7-15-13/h1-7H,8H2. The molecular formula is C13H9BrN2. The molecular weight excluding hydrogens is 264 g/mol. The molecule has 0 saturated heterocycles. The molecule has 1 aromatic carbocycles. The molecule has 0 unspecified atom stereocenters. The highest BCUT2D eigenvalue weighted by atomic mass is 79.9. The van der Waals surface area contributed by atoms with Gasteiger partial charge in [0.15, 0.2) is 0 Å². The first-order valence-corrected chi connectivity index (χ1v) is 6.20. The summed E-state index contributed by atoms with van der Waals surface area (Å²) in [5.41, 5.74) is 2.99. The van der Waals surface area contributed by atoms with Crippen molar-refractivity contribution in [1.29, 1.82) is 0 Å². The summed E-state index contributed by atoms with van der Waals surface area (Å²) in [6.45, 7) is 0. The van der Waals surface area contributed by atoms with Crippen LogP contribution >= 0.6 is 15.9 Å². The fourth-order valence-corrected chi connectivity index (χ4v) is 2.37. The van der Waals surface area contributed by atoms with Gasteiger partial charge in [-0.25, -0.2) is 4.98 Å². The van der Waals surface area contributed by atoms with Crippen LogP contribution in [-0.2, 0) is 5.33 Å². The maximum atomic E-state index is 4.61. The van der Waals surface area contributed by atoms with Gasteiger partial charge >= 0.3 is 0 Å². The van der Waals surface area contributed by atoms with Crippen LogP contribution in [0.4, 0.5) is 0 Å². The van der Waals surface area contributed by atoms with Crippen LogP contribution in [0, 0.1) is 0 Å². The Labute approximate surface area is 101 Å². The van der Waals surface area contributed by atoms with Gasteiger partial charge in [-0.2, -0.15) is 0 Å². The van der Waals surface area contributed by atoms with Gasteiger partial charge in [-0.15, -0.1) is 0 Å². The number of fused-ring (bicyclic) bond motifs is 3. The van der Waals surface area contributed by atoms with Crippen LogP contribution in [0.25, 0.3) is 21.8 Å². The Morgan fingerprint density at radius 2 is 1.81 bits per heavy atom. The molecule has 16 heavy (non-hydrogen) atoms. The lowest BCUT2D eigenvalue weighted by atomic mass is 10.1. The predicted octanol–water partition coefficient (Wildman–Crippen LogP) is 3.68.